The smallest absolute Gasteiger partial charge is 0.330 e. The van der Waals surface area contributed by atoms with Crippen LogP contribution in [0.2, 0.25) is 0 Å². The lowest BCUT2D eigenvalue weighted by atomic mass is 10.0. The minimum absolute atomic E-state index is 0.161. The summed E-state index contributed by atoms with van der Waals surface area (Å²) in [6, 6.07) is 21.1. The second kappa shape index (κ2) is 17.5. The van der Waals surface area contributed by atoms with E-state index in [0.717, 1.165) is 58.9 Å². The summed E-state index contributed by atoms with van der Waals surface area (Å²) in [6.07, 6.45) is 4.89. The second-order valence-corrected chi connectivity index (χ2v) is 9.08. The molecule has 0 saturated carbocycles. The van der Waals surface area contributed by atoms with Crippen LogP contribution in [-0.2, 0) is 19.1 Å². The van der Waals surface area contributed by atoms with Crippen LogP contribution in [0.3, 0.4) is 0 Å². The van der Waals surface area contributed by atoms with E-state index >= 15 is 0 Å². The third-order valence-corrected chi connectivity index (χ3v) is 5.86. The monoisotopic (exact) mass is 562 g/mol. The van der Waals surface area contributed by atoms with Gasteiger partial charge in [0.1, 0.15) is 24.7 Å². The molecule has 0 spiro atoms. The van der Waals surface area contributed by atoms with Crippen molar-refractivity contribution in [2.24, 2.45) is 0 Å². The molecule has 0 aliphatic rings. The van der Waals surface area contributed by atoms with Crippen molar-refractivity contribution in [3.8, 4) is 35.2 Å². The number of aryl methyl sites for hydroxylation is 1. The first-order valence-corrected chi connectivity index (χ1v) is 13.7. The van der Waals surface area contributed by atoms with Crippen molar-refractivity contribution in [1.29, 1.82) is 0 Å². The molecule has 3 aromatic rings. The fourth-order valence-electron chi connectivity index (χ4n) is 3.60. The Bertz CT molecular complexity index is 1480. The van der Waals surface area contributed by atoms with Gasteiger partial charge in [-0.25, -0.2) is 9.59 Å². The van der Waals surface area contributed by atoms with E-state index in [4.69, 9.17) is 18.9 Å². The first-order chi connectivity index (χ1) is 20.5. The molecule has 214 valence electrons. The van der Waals surface area contributed by atoms with Gasteiger partial charge in [0, 0.05) is 34.4 Å². The topological polar surface area (TPSA) is 71.1 Å². The number of carbonyl (C=O) groups is 2. The SMILES string of the molecule is C=CC(=O)OCCCCCOc1ccc(C#Cc2ccc(C#Cc3ccc(OCCOC(=O)C=C)cc3)c(C)c2)cc1. The predicted molar refractivity (Wildman–Crippen MR) is 163 cm³/mol. The Morgan fingerprint density at radius 1 is 0.619 bits per heavy atom. The molecule has 6 heteroatoms. The van der Waals surface area contributed by atoms with Crippen LogP contribution in [0.15, 0.2) is 92.0 Å². The molecular weight excluding hydrogens is 528 g/mol. The van der Waals surface area contributed by atoms with Gasteiger partial charge in [-0.3, -0.25) is 0 Å². The minimum atomic E-state index is -0.469. The van der Waals surface area contributed by atoms with E-state index in [-0.39, 0.29) is 19.2 Å². The normalized spacial score (nSPS) is 9.74. The number of esters is 2. The lowest BCUT2D eigenvalue weighted by Gasteiger charge is -2.06. The molecule has 0 unspecified atom stereocenters. The Morgan fingerprint density at radius 2 is 1.12 bits per heavy atom. The van der Waals surface area contributed by atoms with Crippen molar-refractivity contribution in [1.82, 2.24) is 0 Å². The number of rotatable bonds is 13. The third-order valence-electron chi connectivity index (χ3n) is 5.86. The van der Waals surface area contributed by atoms with Gasteiger partial charge in [0.2, 0.25) is 0 Å². The van der Waals surface area contributed by atoms with Gasteiger partial charge in [-0.05, 0) is 98.5 Å². The average molecular weight is 563 g/mol. The lowest BCUT2D eigenvalue weighted by Crippen LogP contribution is -2.10. The Morgan fingerprint density at radius 3 is 1.71 bits per heavy atom. The van der Waals surface area contributed by atoms with Crippen LogP contribution in [0.5, 0.6) is 11.5 Å². The van der Waals surface area contributed by atoms with Crippen molar-refractivity contribution in [2.75, 3.05) is 26.4 Å². The molecule has 0 aliphatic carbocycles. The first-order valence-electron chi connectivity index (χ1n) is 13.7. The maximum absolute atomic E-state index is 11.0. The fraction of sp³-hybridized carbons (Fsp3) is 0.222. The Kier molecular flexibility index (Phi) is 13.0. The summed E-state index contributed by atoms with van der Waals surface area (Å²) in [6.45, 7) is 10.2. The van der Waals surface area contributed by atoms with Gasteiger partial charge in [0.05, 0.1) is 13.2 Å². The third kappa shape index (κ3) is 11.5. The number of hydrogen-bond donors (Lipinski definition) is 0. The van der Waals surface area contributed by atoms with E-state index in [1.165, 1.54) is 6.08 Å². The van der Waals surface area contributed by atoms with Crippen LogP contribution in [0.1, 0.15) is 47.1 Å². The Balaban J connectivity index is 1.45. The molecule has 0 heterocycles. The summed E-state index contributed by atoms with van der Waals surface area (Å²) in [4.78, 5) is 22.0. The summed E-state index contributed by atoms with van der Waals surface area (Å²) >= 11 is 0. The summed E-state index contributed by atoms with van der Waals surface area (Å²) < 4.78 is 21.2. The van der Waals surface area contributed by atoms with Gasteiger partial charge in [-0.2, -0.15) is 0 Å². The van der Waals surface area contributed by atoms with Gasteiger partial charge in [0.15, 0.2) is 0 Å². The molecule has 0 N–H and O–H groups in total. The summed E-state index contributed by atoms with van der Waals surface area (Å²) in [5, 5.41) is 0. The lowest BCUT2D eigenvalue weighted by molar-refractivity contribution is -0.139. The quantitative estimate of drug-likeness (QED) is 0.107. The van der Waals surface area contributed by atoms with E-state index in [2.05, 4.69) is 36.8 Å². The van der Waals surface area contributed by atoms with E-state index in [0.29, 0.717) is 19.0 Å². The highest BCUT2D eigenvalue weighted by Crippen LogP contribution is 2.15. The molecule has 0 aliphatic heterocycles. The summed E-state index contributed by atoms with van der Waals surface area (Å²) in [5.74, 6) is 13.4. The summed E-state index contributed by atoms with van der Waals surface area (Å²) in [7, 11) is 0. The molecule has 0 amide bonds. The first kappa shape index (κ1) is 31.3. The van der Waals surface area contributed by atoms with Crippen molar-refractivity contribution < 1.29 is 28.5 Å². The predicted octanol–water partition coefficient (Wildman–Crippen LogP) is 6.18. The van der Waals surface area contributed by atoms with Crippen molar-refractivity contribution in [2.45, 2.75) is 26.2 Å². The van der Waals surface area contributed by atoms with Gasteiger partial charge in [-0.15, -0.1) is 0 Å². The van der Waals surface area contributed by atoms with Crippen LogP contribution in [0, 0.1) is 30.6 Å². The van der Waals surface area contributed by atoms with E-state index in [1.54, 1.807) is 0 Å². The number of unbranched alkanes of at least 4 members (excludes halogenated alkanes) is 2. The van der Waals surface area contributed by atoms with Crippen molar-refractivity contribution >= 4 is 11.9 Å². The van der Waals surface area contributed by atoms with Gasteiger partial charge in [-0.1, -0.05) is 36.8 Å². The molecule has 0 saturated heterocycles. The van der Waals surface area contributed by atoms with Crippen LogP contribution >= 0.6 is 0 Å². The molecule has 3 aromatic carbocycles. The maximum Gasteiger partial charge on any atom is 0.330 e. The highest BCUT2D eigenvalue weighted by Gasteiger charge is 2.00. The number of hydrogen-bond acceptors (Lipinski definition) is 6. The minimum Gasteiger partial charge on any atom is -0.494 e. The zero-order valence-electron chi connectivity index (χ0n) is 23.8. The van der Waals surface area contributed by atoms with Crippen LogP contribution in [0.4, 0.5) is 0 Å². The van der Waals surface area contributed by atoms with Gasteiger partial charge in [0.25, 0.3) is 0 Å². The zero-order valence-corrected chi connectivity index (χ0v) is 23.8. The molecular formula is C36H34O6. The molecule has 0 fully saturated rings. The van der Waals surface area contributed by atoms with Crippen molar-refractivity contribution in [3.63, 3.8) is 0 Å². The summed E-state index contributed by atoms with van der Waals surface area (Å²) in [5.41, 5.74) is 4.66. The number of ether oxygens (including phenoxy) is 4. The molecule has 0 aromatic heterocycles. The fourth-order valence-corrected chi connectivity index (χ4v) is 3.60. The molecule has 6 nitrogen and oxygen atoms in total. The molecule has 42 heavy (non-hydrogen) atoms. The Labute approximate surface area is 248 Å². The second-order valence-electron chi connectivity index (χ2n) is 9.08. The maximum atomic E-state index is 11.0. The van der Waals surface area contributed by atoms with E-state index < -0.39 is 5.97 Å². The Hall–Kier alpha value is -5.20. The highest BCUT2D eigenvalue weighted by atomic mass is 16.6. The number of benzene rings is 3. The van der Waals surface area contributed by atoms with Crippen LogP contribution < -0.4 is 9.47 Å². The molecule has 0 radical (unpaired) electrons. The standard InChI is InChI=1S/C36H34O6/c1-4-35(37)41-24-8-6-7-23-39-33-19-13-29(14-20-33)9-10-31-12-18-32(28(3)27-31)17-11-30-15-21-34(22-16-30)40-25-26-42-36(38)5-2/h4-5,12-16,18-22,27H,1-2,6-8,23-26H2,3H3. The molecule has 3 rings (SSSR count). The van der Waals surface area contributed by atoms with Gasteiger partial charge < -0.3 is 18.9 Å². The largest absolute Gasteiger partial charge is 0.494 e. The van der Waals surface area contributed by atoms with Crippen LogP contribution in [-0.4, -0.2) is 38.4 Å². The van der Waals surface area contributed by atoms with Crippen LogP contribution in [0.25, 0.3) is 0 Å². The zero-order chi connectivity index (χ0) is 30.0. The molecule has 0 bridgehead atoms. The number of carbonyl (C=O) groups excluding carboxylic acids is 2. The highest BCUT2D eigenvalue weighted by molar-refractivity contribution is 5.81. The van der Waals surface area contributed by atoms with E-state index in [1.807, 2.05) is 73.7 Å². The van der Waals surface area contributed by atoms with Crippen molar-refractivity contribution in [3.05, 3.63) is 120 Å². The van der Waals surface area contributed by atoms with Gasteiger partial charge >= 0.3 is 11.9 Å². The van der Waals surface area contributed by atoms with E-state index in [9.17, 15) is 9.59 Å². The average Bonchev–Trinajstić information content (AvgIpc) is 3.02. The molecule has 0 atom stereocenters.